The van der Waals surface area contributed by atoms with E-state index in [2.05, 4.69) is 10.1 Å². The number of hydrogen-bond acceptors (Lipinski definition) is 5. The van der Waals surface area contributed by atoms with E-state index in [1.165, 1.54) is 23.1 Å². The van der Waals surface area contributed by atoms with Crippen LogP contribution in [0.3, 0.4) is 0 Å². The van der Waals surface area contributed by atoms with Crippen LogP contribution in [0.5, 0.6) is 0 Å². The van der Waals surface area contributed by atoms with Gasteiger partial charge in [0.05, 0.1) is 16.8 Å². The van der Waals surface area contributed by atoms with Gasteiger partial charge in [-0.15, -0.1) is 5.10 Å². The molecular formula is C25H23BFN5O3. The van der Waals surface area contributed by atoms with E-state index in [9.17, 15) is 14.0 Å². The third-order valence-electron chi connectivity index (χ3n) is 6.29. The van der Waals surface area contributed by atoms with Crippen LogP contribution in [0, 0.1) is 12.7 Å². The number of aromatic nitrogens is 3. The molecule has 5 rings (SSSR count). The zero-order valence-corrected chi connectivity index (χ0v) is 19.7. The molecule has 0 spiro atoms. The van der Waals surface area contributed by atoms with Gasteiger partial charge in [0.1, 0.15) is 31.3 Å². The summed E-state index contributed by atoms with van der Waals surface area (Å²) in [7, 11) is 5.93. The maximum absolute atomic E-state index is 13.6. The van der Waals surface area contributed by atoms with Crippen LogP contribution in [0.4, 0.5) is 4.39 Å². The van der Waals surface area contributed by atoms with Crippen molar-refractivity contribution < 1.29 is 18.4 Å². The monoisotopic (exact) mass is 471 g/mol. The Balaban J connectivity index is 1.36. The van der Waals surface area contributed by atoms with Gasteiger partial charge in [0.15, 0.2) is 0 Å². The molecule has 2 radical (unpaired) electrons. The van der Waals surface area contributed by atoms with Gasteiger partial charge >= 0.3 is 0 Å². The highest BCUT2D eigenvalue weighted by Crippen LogP contribution is 2.29. The fourth-order valence-electron chi connectivity index (χ4n) is 4.59. The van der Waals surface area contributed by atoms with E-state index in [-0.39, 0.29) is 17.6 Å². The fourth-order valence-corrected chi connectivity index (χ4v) is 4.59. The van der Waals surface area contributed by atoms with Crippen LogP contribution in [-0.2, 0) is 0 Å². The molecule has 0 atom stereocenters. The van der Waals surface area contributed by atoms with Crippen LogP contribution in [0.1, 0.15) is 40.6 Å². The van der Waals surface area contributed by atoms with Gasteiger partial charge in [-0.2, -0.15) is 0 Å². The van der Waals surface area contributed by atoms with Crippen LogP contribution >= 0.6 is 0 Å². The van der Waals surface area contributed by atoms with E-state index in [0.29, 0.717) is 53.1 Å². The van der Waals surface area contributed by atoms with Gasteiger partial charge in [0, 0.05) is 25.0 Å². The van der Waals surface area contributed by atoms with Gasteiger partial charge in [0.25, 0.3) is 11.8 Å². The third-order valence-corrected chi connectivity index (χ3v) is 6.29. The van der Waals surface area contributed by atoms with Crippen molar-refractivity contribution >= 4 is 36.1 Å². The Kier molecular flexibility index (Phi) is 5.46. The molecule has 1 aliphatic heterocycles. The van der Waals surface area contributed by atoms with E-state index >= 15 is 0 Å². The van der Waals surface area contributed by atoms with E-state index in [1.54, 1.807) is 47.1 Å². The molecule has 176 valence electrons. The minimum Gasteiger partial charge on any atom is -0.461 e. The molecule has 2 amide bonds. The Bertz CT molecular complexity index is 1460. The molecule has 0 aliphatic carbocycles. The predicted molar refractivity (Wildman–Crippen MR) is 129 cm³/mol. The minimum atomic E-state index is -0.679. The van der Waals surface area contributed by atoms with Crippen molar-refractivity contribution in [3.63, 3.8) is 0 Å². The molecule has 1 saturated heterocycles. The molecule has 10 heteroatoms. The number of amides is 2. The van der Waals surface area contributed by atoms with Crippen LogP contribution in [0.25, 0.3) is 16.7 Å². The lowest BCUT2D eigenvalue weighted by molar-refractivity contribution is 0.0160. The molecule has 2 aromatic carbocycles. The number of fused-ring (bicyclic) bond motifs is 1. The van der Waals surface area contributed by atoms with Gasteiger partial charge in [0.2, 0.25) is 5.82 Å². The van der Waals surface area contributed by atoms with E-state index in [1.807, 2.05) is 13.8 Å². The standard InChI is InChI=1S/C25H23BFN5O3/c1-15-21(19-11-16(26)7-8-20(19)35-15)23(33)30-9-10-31(25(2,3)13-30)24(34)22-28-14-32(29-22)18-6-4-5-17(27)12-18/h4-8,11-12,14H,9-10,13H2,1-3H3. The fraction of sp³-hybridized carbons (Fsp3) is 0.280. The van der Waals surface area contributed by atoms with Crippen LogP contribution < -0.4 is 5.46 Å². The number of benzene rings is 2. The Hall–Kier alpha value is -3.95. The quantitative estimate of drug-likeness (QED) is 0.429. The first-order chi connectivity index (χ1) is 16.6. The smallest absolute Gasteiger partial charge is 0.294 e. The number of aryl methyl sites for hydroxylation is 1. The largest absolute Gasteiger partial charge is 0.461 e. The second-order valence-corrected chi connectivity index (χ2v) is 9.28. The lowest BCUT2D eigenvalue weighted by atomic mass is 9.93. The van der Waals surface area contributed by atoms with Crippen molar-refractivity contribution in [3.8, 4) is 5.69 Å². The second kappa shape index (κ2) is 8.37. The molecule has 1 aliphatic rings. The molecule has 8 nitrogen and oxygen atoms in total. The highest BCUT2D eigenvalue weighted by molar-refractivity contribution is 6.33. The van der Waals surface area contributed by atoms with Crippen LogP contribution in [-0.4, -0.2) is 69.4 Å². The molecule has 3 heterocycles. The molecule has 0 bridgehead atoms. The molecule has 1 fully saturated rings. The van der Waals surface area contributed by atoms with Crippen molar-refractivity contribution in [1.29, 1.82) is 0 Å². The summed E-state index contributed by atoms with van der Waals surface area (Å²) in [5, 5.41) is 4.93. The van der Waals surface area contributed by atoms with Gasteiger partial charge in [-0.3, -0.25) is 9.59 Å². The van der Waals surface area contributed by atoms with E-state index in [0.717, 1.165) is 0 Å². The van der Waals surface area contributed by atoms with Crippen molar-refractivity contribution in [2.45, 2.75) is 26.3 Å². The SMILES string of the molecule is [B]c1ccc2oc(C)c(C(=O)N3CCN(C(=O)c4ncn(-c5cccc(F)c5)n4)C(C)(C)C3)c2c1. The Morgan fingerprint density at radius 1 is 1.11 bits per heavy atom. The summed E-state index contributed by atoms with van der Waals surface area (Å²) >= 11 is 0. The number of hydrogen-bond donors (Lipinski definition) is 0. The van der Waals surface area contributed by atoms with Gasteiger partial charge < -0.3 is 14.2 Å². The summed E-state index contributed by atoms with van der Waals surface area (Å²) in [5.74, 6) is -0.389. The second-order valence-electron chi connectivity index (χ2n) is 9.28. The normalized spacial score (nSPS) is 15.5. The average Bonchev–Trinajstić information content (AvgIpc) is 3.42. The number of carbonyl (C=O) groups is 2. The summed E-state index contributed by atoms with van der Waals surface area (Å²) in [6.45, 7) is 6.51. The highest BCUT2D eigenvalue weighted by atomic mass is 19.1. The Morgan fingerprint density at radius 2 is 1.91 bits per heavy atom. The molecule has 0 saturated carbocycles. The zero-order chi connectivity index (χ0) is 24.9. The van der Waals surface area contributed by atoms with Crippen molar-refractivity contribution in [3.05, 3.63) is 71.8 Å². The molecule has 35 heavy (non-hydrogen) atoms. The maximum Gasteiger partial charge on any atom is 0.294 e. The molecule has 2 aromatic heterocycles. The number of piperazine rings is 1. The summed E-state index contributed by atoms with van der Waals surface area (Å²) in [6, 6.07) is 11.1. The van der Waals surface area contributed by atoms with Crippen molar-refractivity contribution in [2.24, 2.45) is 0 Å². The lowest BCUT2D eigenvalue weighted by Gasteiger charge is -2.46. The Labute approximate surface area is 202 Å². The number of carbonyl (C=O) groups excluding carboxylic acids is 2. The van der Waals surface area contributed by atoms with Crippen LogP contribution in [0.2, 0.25) is 0 Å². The van der Waals surface area contributed by atoms with Gasteiger partial charge in [-0.05, 0) is 45.0 Å². The minimum absolute atomic E-state index is 0.00858. The van der Waals surface area contributed by atoms with Crippen molar-refractivity contribution in [2.75, 3.05) is 19.6 Å². The topological polar surface area (TPSA) is 84.5 Å². The van der Waals surface area contributed by atoms with E-state index in [4.69, 9.17) is 12.3 Å². The first-order valence-corrected chi connectivity index (χ1v) is 11.2. The maximum atomic E-state index is 13.6. The zero-order valence-electron chi connectivity index (χ0n) is 19.7. The van der Waals surface area contributed by atoms with Gasteiger partial charge in [-0.25, -0.2) is 14.1 Å². The predicted octanol–water partition coefficient (Wildman–Crippen LogP) is 2.63. The molecule has 4 aromatic rings. The molecular weight excluding hydrogens is 448 g/mol. The van der Waals surface area contributed by atoms with E-state index < -0.39 is 11.4 Å². The lowest BCUT2D eigenvalue weighted by Crippen LogP contribution is -2.62. The molecule has 0 unspecified atom stereocenters. The van der Waals surface area contributed by atoms with Crippen LogP contribution in [0.15, 0.2) is 53.2 Å². The number of halogens is 1. The average molecular weight is 471 g/mol. The summed E-state index contributed by atoms with van der Waals surface area (Å²) in [5.41, 5.74) is 1.43. The third kappa shape index (κ3) is 4.09. The highest BCUT2D eigenvalue weighted by Gasteiger charge is 2.40. The Morgan fingerprint density at radius 3 is 2.66 bits per heavy atom. The van der Waals surface area contributed by atoms with Gasteiger partial charge in [-0.1, -0.05) is 23.7 Å². The number of rotatable bonds is 3. The first kappa shape index (κ1) is 22.8. The molecule has 0 N–H and O–H groups in total. The van der Waals surface area contributed by atoms with Crippen molar-refractivity contribution in [1.82, 2.24) is 24.6 Å². The number of furan rings is 1. The summed E-state index contributed by atoms with van der Waals surface area (Å²) in [4.78, 5) is 34.3. The number of nitrogens with zero attached hydrogens (tertiary/aromatic N) is 5. The summed E-state index contributed by atoms with van der Waals surface area (Å²) in [6.07, 6.45) is 1.38. The summed E-state index contributed by atoms with van der Waals surface area (Å²) < 4.78 is 20.7. The first-order valence-electron chi connectivity index (χ1n) is 11.2.